The molecule has 3 nitrogen and oxygen atoms in total. The smallest absolute Gasteiger partial charge is 0.257 e. The fraction of sp³-hybridized carbons (Fsp3) is 0.500. The van der Waals surface area contributed by atoms with E-state index in [1.165, 1.54) is 13.0 Å². The number of hydrogen-bond acceptors (Lipinski definition) is 2. The van der Waals surface area contributed by atoms with Gasteiger partial charge in [-0.15, -0.1) is 0 Å². The van der Waals surface area contributed by atoms with Crippen LogP contribution in [-0.2, 0) is 0 Å². The van der Waals surface area contributed by atoms with Gasteiger partial charge in [0.05, 0.1) is 0 Å². The number of carbonyl (C=O) groups excluding carboxylic acids is 1. The largest absolute Gasteiger partial charge is 0.352 e. The maximum Gasteiger partial charge on any atom is 0.257 e. The summed E-state index contributed by atoms with van der Waals surface area (Å²) in [4.78, 5) is 11.8. The summed E-state index contributed by atoms with van der Waals surface area (Å²) >= 11 is 0. The van der Waals surface area contributed by atoms with Crippen molar-refractivity contribution in [2.75, 3.05) is 13.1 Å². The Labute approximate surface area is 112 Å². The molecule has 0 fully saturated rings. The van der Waals surface area contributed by atoms with E-state index in [1.807, 2.05) is 6.92 Å². The van der Waals surface area contributed by atoms with Gasteiger partial charge in [0.2, 0.25) is 0 Å². The molecule has 0 radical (unpaired) electrons. The van der Waals surface area contributed by atoms with Gasteiger partial charge in [-0.25, -0.2) is 8.78 Å². The number of hydrogen-bond donors (Lipinski definition) is 2. The lowest BCUT2D eigenvalue weighted by Gasteiger charge is -2.15. The molecule has 1 amide bonds. The highest BCUT2D eigenvalue weighted by Crippen LogP contribution is 2.16. The van der Waals surface area contributed by atoms with Gasteiger partial charge < -0.3 is 11.1 Å². The number of benzene rings is 1. The van der Waals surface area contributed by atoms with Crippen molar-refractivity contribution in [2.45, 2.75) is 26.7 Å². The second-order valence-corrected chi connectivity index (χ2v) is 4.61. The lowest BCUT2D eigenvalue weighted by atomic mass is 10.0. The van der Waals surface area contributed by atoms with Gasteiger partial charge in [-0.3, -0.25) is 4.79 Å². The third kappa shape index (κ3) is 3.99. The van der Waals surface area contributed by atoms with Crippen LogP contribution >= 0.6 is 0 Å². The fourth-order valence-electron chi connectivity index (χ4n) is 1.88. The molecule has 0 heterocycles. The highest BCUT2D eigenvalue weighted by molar-refractivity contribution is 5.94. The lowest BCUT2D eigenvalue weighted by molar-refractivity contribution is 0.0937. The van der Waals surface area contributed by atoms with Crippen LogP contribution in [0.1, 0.15) is 35.7 Å². The van der Waals surface area contributed by atoms with Crippen molar-refractivity contribution in [3.63, 3.8) is 0 Å². The average Bonchev–Trinajstić information content (AvgIpc) is 2.39. The van der Waals surface area contributed by atoms with Gasteiger partial charge in [0.1, 0.15) is 17.2 Å². The lowest BCUT2D eigenvalue weighted by Crippen LogP contribution is -2.31. The molecule has 1 aromatic carbocycles. The van der Waals surface area contributed by atoms with E-state index in [4.69, 9.17) is 5.73 Å². The number of nitrogens with one attached hydrogen (secondary N) is 1. The fourth-order valence-corrected chi connectivity index (χ4v) is 1.88. The molecule has 5 heteroatoms. The molecule has 1 rings (SSSR count). The molecular weight excluding hydrogens is 250 g/mol. The van der Waals surface area contributed by atoms with E-state index in [2.05, 4.69) is 5.32 Å². The maximum atomic E-state index is 13.7. The molecule has 0 aliphatic rings. The second kappa shape index (κ2) is 7.19. The first kappa shape index (κ1) is 15.6. The van der Waals surface area contributed by atoms with Crippen molar-refractivity contribution in [3.8, 4) is 0 Å². The van der Waals surface area contributed by atoms with Gasteiger partial charge in [-0.2, -0.15) is 0 Å². The van der Waals surface area contributed by atoms with Crippen molar-refractivity contribution >= 4 is 5.91 Å². The first-order valence-corrected chi connectivity index (χ1v) is 6.44. The molecule has 19 heavy (non-hydrogen) atoms. The van der Waals surface area contributed by atoms with E-state index in [0.717, 1.165) is 18.9 Å². The maximum absolute atomic E-state index is 13.7. The van der Waals surface area contributed by atoms with Gasteiger partial charge in [0, 0.05) is 6.54 Å². The Hall–Kier alpha value is -1.49. The van der Waals surface area contributed by atoms with Crippen LogP contribution in [0.2, 0.25) is 0 Å². The average molecular weight is 270 g/mol. The van der Waals surface area contributed by atoms with Crippen molar-refractivity contribution in [3.05, 3.63) is 34.9 Å². The summed E-state index contributed by atoms with van der Waals surface area (Å²) in [6.45, 7) is 4.38. The molecule has 0 saturated heterocycles. The number of carbonyl (C=O) groups is 1. The molecule has 0 bridgehead atoms. The highest BCUT2D eigenvalue weighted by atomic mass is 19.1. The summed E-state index contributed by atoms with van der Waals surface area (Å²) in [5.74, 6) is -2.13. The zero-order valence-corrected chi connectivity index (χ0v) is 11.3. The molecule has 0 aromatic heterocycles. The zero-order chi connectivity index (χ0) is 14.4. The molecule has 0 saturated carbocycles. The molecular formula is C14H20F2N2O. The van der Waals surface area contributed by atoms with Crippen LogP contribution in [0.4, 0.5) is 8.78 Å². The van der Waals surface area contributed by atoms with Crippen molar-refractivity contribution in [2.24, 2.45) is 11.7 Å². The third-order valence-corrected chi connectivity index (χ3v) is 3.21. The van der Waals surface area contributed by atoms with Crippen LogP contribution in [-0.4, -0.2) is 19.0 Å². The molecule has 0 aliphatic heterocycles. The molecule has 0 spiro atoms. The predicted molar refractivity (Wildman–Crippen MR) is 70.9 cm³/mol. The number of halogens is 2. The Bertz CT molecular complexity index is 449. The zero-order valence-electron chi connectivity index (χ0n) is 11.3. The van der Waals surface area contributed by atoms with Gasteiger partial charge in [-0.05, 0) is 37.4 Å². The van der Waals surface area contributed by atoms with Crippen LogP contribution in [0.25, 0.3) is 0 Å². The van der Waals surface area contributed by atoms with E-state index < -0.39 is 23.1 Å². The van der Waals surface area contributed by atoms with Crippen molar-refractivity contribution < 1.29 is 13.6 Å². The van der Waals surface area contributed by atoms with E-state index in [-0.39, 0.29) is 11.5 Å². The van der Waals surface area contributed by atoms with E-state index in [1.54, 1.807) is 0 Å². The van der Waals surface area contributed by atoms with Crippen LogP contribution in [0.15, 0.2) is 12.1 Å². The quantitative estimate of drug-likeness (QED) is 0.834. The van der Waals surface area contributed by atoms with E-state index in [0.29, 0.717) is 13.1 Å². The number of amides is 1. The van der Waals surface area contributed by atoms with E-state index in [9.17, 15) is 13.6 Å². The summed E-state index contributed by atoms with van der Waals surface area (Å²) in [6.07, 6.45) is 1.63. The van der Waals surface area contributed by atoms with Crippen molar-refractivity contribution in [1.82, 2.24) is 5.32 Å². The normalized spacial score (nSPS) is 12.3. The Morgan fingerprint density at radius 1 is 1.42 bits per heavy atom. The first-order valence-electron chi connectivity index (χ1n) is 6.44. The van der Waals surface area contributed by atoms with E-state index >= 15 is 0 Å². The minimum absolute atomic E-state index is 0.227. The van der Waals surface area contributed by atoms with Crippen LogP contribution < -0.4 is 11.1 Å². The Morgan fingerprint density at radius 3 is 2.68 bits per heavy atom. The monoisotopic (exact) mass is 270 g/mol. The van der Waals surface area contributed by atoms with Crippen LogP contribution in [0.3, 0.4) is 0 Å². The second-order valence-electron chi connectivity index (χ2n) is 4.61. The predicted octanol–water partition coefficient (Wildman–Crippen LogP) is 2.38. The Balaban J connectivity index is 2.76. The first-order chi connectivity index (χ1) is 9.01. The number of aryl methyl sites for hydroxylation is 1. The summed E-state index contributed by atoms with van der Waals surface area (Å²) in [6, 6.07) is 2.41. The number of nitrogens with two attached hydrogens (primary N) is 1. The molecule has 3 N–H and O–H groups in total. The SMILES string of the molecule is CCC(CCN)CNC(=O)c1c(F)ccc(C)c1F. The summed E-state index contributed by atoms with van der Waals surface area (Å²) in [5, 5.41) is 2.57. The van der Waals surface area contributed by atoms with Crippen LogP contribution in [0.5, 0.6) is 0 Å². The van der Waals surface area contributed by atoms with Gasteiger partial charge >= 0.3 is 0 Å². The standard InChI is InChI=1S/C14H20F2N2O/c1-3-10(6-7-17)8-18-14(19)12-11(15)5-4-9(2)13(12)16/h4-5,10H,3,6-8,17H2,1-2H3,(H,18,19). The van der Waals surface area contributed by atoms with Crippen molar-refractivity contribution in [1.29, 1.82) is 0 Å². The Kier molecular flexibility index (Phi) is 5.89. The minimum Gasteiger partial charge on any atom is -0.352 e. The Morgan fingerprint density at radius 2 is 2.11 bits per heavy atom. The minimum atomic E-state index is -0.840. The third-order valence-electron chi connectivity index (χ3n) is 3.21. The van der Waals surface area contributed by atoms with Gasteiger partial charge in [0.15, 0.2) is 0 Å². The molecule has 1 atom stereocenters. The van der Waals surface area contributed by atoms with Crippen LogP contribution in [0, 0.1) is 24.5 Å². The molecule has 1 aromatic rings. The summed E-state index contributed by atoms with van der Waals surface area (Å²) in [7, 11) is 0. The van der Waals surface area contributed by atoms with Gasteiger partial charge in [-0.1, -0.05) is 19.4 Å². The molecule has 1 unspecified atom stereocenters. The van der Waals surface area contributed by atoms with Gasteiger partial charge in [0.25, 0.3) is 5.91 Å². The summed E-state index contributed by atoms with van der Waals surface area (Å²) in [5.41, 5.74) is 5.20. The highest BCUT2D eigenvalue weighted by Gasteiger charge is 2.19. The summed E-state index contributed by atoms with van der Waals surface area (Å²) < 4.78 is 27.3. The topological polar surface area (TPSA) is 55.1 Å². The molecule has 106 valence electrons. The molecule has 0 aliphatic carbocycles. The number of rotatable bonds is 6.